The lowest BCUT2D eigenvalue weighted by Gasteiger charge is -2.13. The second-order valence-electron chi connectivity index (χ2n) is 3.68. The van der Waals surface area contributed by atoms with E-state index < -0.39 is 12.1 Å². The van der Waals surface area contributed by atoms with Gasteiger partial charge in [0.1, 0.15) is 6.10 Å². The number of ether oxygens (including phenoxy) is 1. The lowest BCUT2D eigenvalue weighted by molar-refractivity contribution is -0.130. The molecule has 1 atom stereocenters. The van der Waals surface area contributed by atoms with Crippen LogP contribution in [-0.4, -0.2) is 36.7 Å². The van der Waals surface area contributed by atoms with Gasteiger partial charge in [-0.1, -0.05) is 12.1 Å². The molecule has 4 N–H and O–H groups in total. The molecule has 1 amide bonds. The van der Waals surface area contributed by atoms with E-state index in [4.69, 9.17) is 15.6 Å². The first-order valence-corrected chi connectivity index (χ1v) is 5.41. The molecule has 1 aromatic carbocycles. The predicted octanol–water partition coefficient (Wildman–Crippen LogP) is -0.0253. The maximum Gasteiger partial charge on any atom is 0.335 e. The molecule has 0 bridgehead atoms. The van der Waals surface area contributed by atoms with Gasteiger partial charge in [-0.15, -0.1) is 0 Å². The third-order valence-corrected chi connectivity index (χ3v) is 2.46. The van der Waals surface area contributed by atoms with Gasteiger partial charge in [0.05, 0.1) is 5.56 Å². The van der Waals surface area contributed by atoms with Crippen LogP contribution in [0.15, 0.2) is 24.3 Å². The molecule has 1 rings (SSSR count). The maximum absolute atomic E-state index is 11.5. The molecule has 18 heavy (non-hydrogen) atoms. The van der Waals surface area contributed by atoms with E-state index in [9.17, 15) is 9.59 Å². The first kappa shape index (κ1) is 14.1. The number of carbonyl (C=O) groups is 2. The first-order valence-electron chi connectivity index (χ1n) is 5.41. The highest BCUT2D eigenvalue weighted by Gasteiger charge is 2.14. The zero-order valence-electron chi connectivity index (χ0n) is 10.1. The van der Waals surface area contributed by atoms with Crippen LogP contribution in [0.2, 0.25) is 0 Å². The summed E-state index contributed by atoms with van der Waals surface area (Å²) in [6, 6.07) is 6.27. The maximum atomic E-state index is 11.5. The Hall–Kier alpha value is -1.92. The van der Waals surface area contributed by atoms with E-state index in [0.29, 0.717) is 6.54 Å². The molecule has 98 valence electrons. The monoisotopic (exact) mass is 252 g/mol. The van der Waals surface area contributed by atoms with E-state index in [1.165, 1.54) is 19.2 Å². The minimum Gasteiger partial charge on any atom is -0.478 e. The summed E-state index contributed by atoms with van der Waals surface area (Å²) >= 11 is 0. The normalized spacial score (nSPS) is 11.9. The molecule has 6 nitrogen and oxygen atoms in total. The number of rotatable bonds is 6. The van der Waals surface area contributed by atoms with Gasteiger partial charge in [-0.25, -0.2) is 4.79 Å². The average molecular weight is 252 g/mol. The quantitative estimate of drug-likeness (QED) is 0.660. The van der Waals surface area contributed by atoms with E-state index in [1.54, 1.807) is 12.1 Å². The van der Waals surface area contributed by atoms with Crippen molar-refractivity contribution in [2.75, 3.05) is 13.7 Å². The minimum absolute atomic E-state index is 0.111. The number of benzene rings is 1. The van der Waals surface area contributed by atoms with Crippen LogP contribution < -0.4 is 11.1 Å². The third kappa shape index (κ3) is 3.83. The fourth-order valence-corrected chi connectivity index (χ4v) is 1.38. The topological polar surface area (TPSA) is 102 Å². The number of hydrogen-bond acceptors (Lipinski definition) is 4. The van der Waals surface area contributed by atoms with Crippen LogP contribution in [-0.2, 0) is 16.1 Å². The Morgan fingerprint density at radius 3 is 2.44 bits per heavy atom. The van der Waals surface area contributed by atoms with Gasteiger partial charge in [0, 0.05) is 20.2 Å². The third-order valence-electron chi connectivity index (χ3n) is 2.46. The lowest BCUT2D eigenvalue weighted by atomic mass is 10.1. The number of carbonyl (C=O) groups excluding carboxylic acids is 1. The fraction of sp³-hybridized carbons (Fsp3) is 0.333. The van der Waals surface area contributed by atoms with Crippen LogP contribution in [0, 0.1) is 0 Å². The number of methoxy groups -OCH3 is 1. The molecule has 0 heterocycles. The zero-order valence-corrected chi connectivity index (χ0v) is 10.1. The number of aromatic carboxylic acids is 1. The number of carboxylic acids is 1. The van der Waals surface area contributed by atoms with Gasteiger partial charge in [0.25, 0.3) is 5.91 Å². The van der Waals surface area contributed by atoms with Gasteiger partial charge in [0.15, 0.2) is 0 Å². The summed E-state index contributed by atoms with van der Waals surface area (Å²) in [6.07, 6.45) is -0.664. The highest BCUT2D eigenvalue weighted by Crippen LogP contribution is 2.04. The van der Waals surface area contributed by atoms with Crippen molar-refractivity contribution in [3.8, 4) is 0 Å². The van der Waals surface area contributed by atoms with Crippen molar-refractivity contribution in [1.82, 2.24) is 5.32 Å². The summed E-state index contributed by atoms with van der Waals surface area (Å²) in [5.74, 6) is -1.27. The van der Waals surface area contributed by atoms with Crippen LogP contribution in [0.5, 0.6) is 0 Å². The second kappa shape index (κ2) is 6.73. The van der Waals surface area contributed by atoms with Crippen molar-refractivity contribution in [2.24, 2.45) is 5.73 Å². The van der Waals surface area contributed by atoms with Crippen molar-refractivity contribution in [3.63, 3.8) is 0 Å². The Labute approximate surface area is 105 Å². The van der Waals surface area contributed by atoms with E-state index in [0.717, 1.165) is 5.56 Å². The Morgan fingerprint density at radius 2 is 2.00 bits per heavy atom. The minimum atomic E-state index is -0.979. The van der Waals surface area contributed by atoms with Gasteiger partial charge in [-0.3, -0.25) is 4.79 Å². The van der Waals surface area contributed by atoms with Crippen molar-refractivity contribution < 1.29 is 19.4 Å². The van der Waals surface area contributed by atoms with Crippen molar-refractivity contribution in [1.29, 1.82) is 0 Å². The zero-order chi connectivity index (χ0) is 13.5. The summed E-state index contributed by atoms with van der Waals surface area (Å²) < 4.78 is 4.89. The van der Waals surface area contributed by atoms with Crippen molar-refractivity contribution in [2.45, 2.75) is 12.6 Å². The summed E-state index contributed by atoms with van der Waals surface area (Å²) in [6.45, 7) is 0.416. The number of hydrogen-bond donors (Lipinski definition) is 3. The van der Waals surface area contributed by atoms with E-state index in [2.05, 4.69) is 5.32 Å². The number of amides is 1. The lowest BCUT2D eigenvalue weighted by Crippen LogP contribution is -2.40. The smallest absolute Gasteiger partial charge is 0.335 e. The molecular weight excluding hydrogens is 236 g/mol. The van der Waals surface area contributed by atoms with Gasteiger partial charge in [-0.05, 0) is 17.7 Å². The highest BCUT2D eigenvalue weighted by atomic mass is 16.5. The molecule has 0 saturated carbocycles. The molecule has 0 radical (unpaired) electrons. The molecule has 0 aliphatic rings. The summed E-state index contributed by atoms with van der Waals surface area (Å²) in [5.41, 5.74) is 6.37. The SMILES string of the molecule is COC(CN)C(=O)NCc1ccc(C(=O)O)cc1. The van der Waals surface area contributed by atoms with Gasteiger partial charge in [0.2, 0.25) is 0 Å². The number of carboxylic acid groups (broad SMARTS) is 1. The molecule has 1 unspecified atom stereocenters. The fourth-order valence-electron chi connectivity index (χ4n) is 1.38. The largest absolute Gasteiger partial charge is 0.478 e. The van der Waals surface area contributed by atoms with Gasteiger partial charge in [-0.2, -0.15) is 0 Å². The molecule has 0 spiro atoms. The van der Waals surface area contributed by atoms with Crippen LogP contribution in [0.4, 0.5) is 0 Å². The standard InChI is InChI=1S/C12H16N2O4/c1-18-10(6-13)11(15)14-7-8-2-4-9(5-3-8)12(16)17/h2-5,10H,6-7,13H2,1H3,(H,14,15)(H,16,17). The average Bonchev–Trinajstić information content (AvgIpc) is 2.38. The molecule has 0 aromatic heterocycles. The molecule has 0 aliphatic heterocycles. The molecule has 0 aliphatic carbocycles. The Balaban J connectivity index is 2.53. The van der Waals surface area contributed by atoms with Crippen LogP contribution in [0.25, 0.3) is 0 Å². The Morgan fingerprint density at radius 1 is 1.39 bits per heavy atom. The summed E-state index contributed by atoms with van der Waals surface area (Å²) in [5, 5.41) is 11.4. The summed E-state index contributed by atoms with van der Waals surface area (Å²) in [4.78, 5) is 22.2. The van der Waals surface area contributed by atoms with Crippen LogP contribution in [0.3, 0.4) is 0 Å². The van der Waals surface area contributed by atoms with E-state index in [1.807, 2.05) is 0 Å². The van der Waals surface area contributed by atoms with Gasteiger partial charge >= 0.3 is 5.97 Å². The van der Waals surface area contributed by atoms with Crippen LogP contribution >= 0.6 is 0 Å². The summed E-state index contributed by atoms with van der Waals surface area (Å²) in [7, 11) is 1.42. The molecule has 0 saturated heterocycles. The van der Waals surface area contributed by atoms with Gasteiger partial charge < -0.3 is 20.9 Å². The Bertz CT molecular complexity index is 413. The molecule has 6 heteroatoms. The highest BCUT2D eigenvalue weighted by molar-refractivity contribution is 5.87. The van der Waals surface area contributed by atoms with E-state index in [-0.39, 0.29) is 18.0 Å². The number of nitrogens with two attached hydrogens (primary N) is 1. The van der Waals surface area contributed by atoms with Crippen LogP contribution in [0.1, 0.15) is 15.9 Å². The Kier molecular flexibility index (Phi) is 5.29. The molecular formula is C12H16N2O4. The van der Waals surface area contributed by atoms with Crippen molar-refractivity contribution >= 4 is 11.9 Å². The second-order valence-corrected chi connectivity index (χ2v) is 3.68. The molecule has 1 aromatic rings. The van der Waals surface area contributed by atoms with E-state index >= 15 is 0 Å². The molecule has 0 fully saturated rings. The predicted molar refractivity (Wildman–Crippen MR) is 65.1 cm³/mol. The number of nitrogens with one attached hydrogen (secondary N) is 1. The first-order chi connectivity index (χ1) is 8.58. The van der Waals surface area contributed by atoms with Crippen molar-refractivity contribution in [3.05, 3.63) is 35.4 Å².